The lowest BCUT2D eigenvalue weighted by atomic mass is 10.0. The number of aromatic nitrogens is 4. The monoisotopic (exact) mass is 406 g/mol. The van der Waals surface area contributed by atoms with E-state index >= 15 is 0 Å². The van der Waals surface area contributed by atoms with Crippen LogP contribution in [0.4, 0.5) is 0 Å². The smallest absolute Gasteiger partial charge is 0.233 e. The molecule has 3 heterocycles. The van der Waals surface area contributed by atoms with Crippen LogP contribution in [-0.4, -0.2) is 33.6 Å². The topological polar surface area (TPSA) is 94.3 Å². The van der Waals surface area contributed by atoms with Crippen LogP contribution in [0.15, 0.2) is 77.3 Å². The Morgan fingerprint density at radius 1 is 1.03 bits per heavy atom. The number of hydrogen-bond acceptors (Lipinski definition) is 6. The molecule has 0 saturated heterocycles. The van der Waals surface area contributed by atoms with Gasteiger partial charge in [-0.3, -0.25) is 14.2 Å². The van der Waals surface area contributed by atoms with Crippen molar-refractivity contribution in [1.29, 1.82) is 0 Å². The predicted octanol–water partition coefficient (Wildman–Crippen LogP) is 3.08. The first kappa shape index (κ1) is 18.9. The van der Waals surface area contributed by atoms with Gasteiger partial charge < -0.3 is 0 Å². The predicted molar refractivity (Wildman–Crippen MR) is 107 cm³/mol. The quantitative estimate of drug-likeness (QED) is 0.457. The van der Waals surface area contributed by atoms with Crippen molar-refractivity contribution in [2.45, 2.75) is 29.6 Å². The minimum Gasteiger partial charge on any atom is -0.294 e. The second kappa shape index (κ2) is 7.56. The average Bonchev–Trinajstić information content (AvgIpc) is 3.20. The van der Waals surface area contributed by atoms with Gasteiger partial charge in [-0.05, 0) is 42.7 Å². The van der Waals surface area contributed by atoms with Gasteiger partial charge in [0.2, 0.25) is 15.6 Å². The first-order valence-corrected chi connectivity index (χ1v) is 10.5. The van der Waals surface area contributed by atoms with E-state index in [2.05, 4.69) is 15.0 Å². The number of benzene rings is 1. The molecule has 0 atom stereocenters. The zero-order valence-electron chi connectivity index (χ0n) is 15.7. The van der Waals surface area contributed by atoms with Crippen molar-refractivity contribution >= 4 is 21.4 Å². The third-order valence-electron chi connectivity index (χ3n) is 4.60. The highest BCUT2D eigenvalue weighted by Gasteiger charge is 2.18. The number of hydrogen-bond donors (Lipinski definition) is 0. The molecule has 3 aromatic heterocycles. The Hall–Kier alpha value is -3.39. The summed E-state index contributed by atoms with van der Waals surface area (Å²) < 4.78 is 27.2. The Balaban J connectivity index is 1.46. The lowest BCUT2D eigenvalue weighted by Gasteiger charge is -2.07. The molecule has 0 aliphatic heterocycles. The number of Topliss-reactive ketones (excluding diaryl/α,β-unsaturated/α-hetero) is 1. The summed E-state index contributed by atoms with van der Waals surface area (Å²) in [6, 6.07) is 8.20. The summed E-state index contributed by atoms with van der Waals surface area (Å²) >= 11 is 0. The molecule has 0 fully saturated rings. The van der Waals surface area contributed by atoms with Gasteiger partial charge in [0.1, 0.15) is 0 Å². The number of pyridine rings is 1. The standard InChI is InChI=1S/C21H18N4O3S/c1-15-10-19(13-22-11-15)29(27,28)18-5-2-16(3-6-18)4-7-20(26)17-12-24-21-23-8-9-25(21)14-17/h2-3,5-6,8-14H,4,7H2,1H3. The number of fused-ring (bicyclic) bond motifs is 1. The van der Waals surface area contributed by atoms with Crippen LogP contribution in [0.3, 0.4) is 0 Å². The molecular weight excluding hydrogens is 388 g/mol. The summed E-state index contributed by atoms with van der Waals surface area (Å²) in [6.07, 6.45) is 10.4. The molecule has 29 heavy (non-hydrogen) atoms. The van der Waals surface area contributed by atoms with Crippen LogP contribution in [0.25, 0.3) is 5.78 Å². The van der Waals surface area contributed by atoms with Crippen molar-refractivity contribution in [1.82, 2.24) is 19.4 Å². The number of sulfone groups is 1. The second-order valence-electron chi connectivity index (χ2n) is 6.75. The van der Waals surface area contributed by atoms with Crippen LogP contribution >= 0.6 is 0 Å². The fourth-order valence-electron chi connectivity index (χ4n) is 3.01. The number of aryl methyl sites for hydroxylation is 2. The van der Waals surface area contributed by atoms with Crippen molar-refractivity contribution < 1.29 is 13.2 Å². The van der Waals surface area contributed by atoms with Crippen molar-refractivity contribution in [2.75, 3.05) is 0 Å². The molecular formula is C21H18N4O3S. The molecule has 0 amide bonds. The summed E-state index contributed by atoms with van der Waals surface area (Å²) in [5, 5.41) is 0. The van der Waals surface area contributed by atoms with Crippen molar-refractivity contribution in [3.8, 4) is 0 Å². The molecule has 0 bridgehead atoms. The van der Waals surface area contributed by atoms with E-state index in [0.717, 1.165) is 11.1 Å². The number of rotatable bonds is 6. The number of carbonyl (C=O) groups excluding carboxylic acids is 1. The minimum absolute atomic E-state index is 0.0318. The zero-order valence-corrected chi connectivity index (χ0v) is 16.5. The normalized spacial score (nSPS) is 11.6. The van der Waals surface area contributed by atoms with E-state index in [1.165, 1.54) is 12.4 Å². The minimum atomic E-state index is -3.61. The van der Waals surface area contributed by atoms with Crippen molar-refractivity contribution in [3.63, 3.8) is 0 Å². The average molecular weight is 406 g/mol. The van der Waals surface area contributed by atoms with E-state index in [1.807, 2.05) is 0 Å². The molecule has 8 heteroatoms. The Bertz CT molecular complexity index is 1300. The van der Waals surface area contributed by atoms with Gasteiger partial charge in [-0.25, -0.2) is 18.4 Å². The van der Waals surface area contributed by atoms with Crippen LogP contribution in [0.1, 0.15) is 27.9 Å². The largest absolute Gasteiger partial charge is 0.294 e. The fraction of sp³-hybridized carbons (Fsp3) is 0.143. The van der Waals surface area contributed by atoms with Gasteiger partial charge in [-0.15, -0.1) is 0 Å². The van der Waals surface area contributed by atoms with Gasteiger partial charge in [-0.2, -0.15) is 0 Å². The van der Waals surface area contributed by atoms with Crippen LogP contribution < -0.4 is 0 Å². The summed E-state index contributed by atoms with van der Waals surface area (Å²) in [7, 11) is -3.61. The number of ketones is 1. The summed E-state index contributed by atoms with van der Waals surface area (Å²) in [5.74, 6) is 0.512. The van der Waals surface area contributed by atoms with Gasteiger partial charge in [0.05, 0.1) is 15.4 Å². The van der Waals surface area contributed by atoms with Gasteiger partial charge >= 0.3 is 0 Å². The number of nitrogens with zero attached hydrogens (tertiary/aromatic N) is 4. The number of imidazole rings is 1. The first-order chi connectivity index (χ1) is 13.9. The van der Waals surface area contributed by atoms with Gasteiger partial charge in [0, 0.05) is 43.6 Å². The molecule has 4 rings (SSSR count). The van der Waals surface area contributed by atoms with Crippen LogP contribution in [-0.2, 0) is 16.3 Å². The lowest BCUT2D eigenvalue weighted by molar-refractivity contribution is 0.0982. The fourth-order valence-corrected chi connectivity index (χ4v) is 4.32. The maximum absolute atomic E-state index is 12.7. The van der Waals surface area contributed by atoms with Gasteiger partial charge in [0.15, 0.2) is 5.78 Å². The molecule has 4 aromatic rings. The second-order valence-corrected chi connectivity index (χ2v) is 8.70. The highest BCUT2D eigenvalue weighted by atomic mass is 32.2. The molecule has 1 aromatic carbocycles. The first-order valence-electron chi connectivity index (χ1n) is 9.01. The van der Waals surface area contributed by atoms with E-state index in [0.29, 0.717) is 24.2 Å². The van der Waals surface area contributed by atoms with Crippen LogP contribution in [0.2, 0.25) is 0 Å². The molecule has 146 valence electrons. The Morgan fingerprint density at radius 2 is 1.83 bits per heavy atom. The van der Waals surface area contributed by atoms with E-state index in [4.69, 9.17) is 0 Å². The third-order valence-corrected chi connectivity index (χ3v) is 6.34. The van der Waals surface area contributed by atoms with E-state index in [-0.39, 0.29) is 15.6 Å². The Kier molecular flexibility index (Phi) is 4.94. The van der Waals surface area contributed by atoms with Crippen molar-refractivity contribution in [3.05, 3.63) is 84.2 Å². The molecule has 0 N–H and O–H groups in total. The van der Waals surface area contributed by atoms with E-state index in [1.54, 1.807) is 66.4 Å². The van der Waals surface area contributed by atoms with Gasteiger partial charge in [0.25, 0.3) is 0 Å². The highest BCUT2D eigenvalue weighted by molar-refractivity contribution is 7.91. The van der Waals surface area contributed by atoms with Crippen LogP contribution in [0.5, 0.6) is 0 Å². The molecule has 7 nitrogen and oxygen atoms in total. The Morgan fingerprint density at radius 3 is 2.59 bits per heavy atom. The Labute approximate surface area is 168 Å². The van der Waals surface area contributed by atoms with E-state index < -0.39 is 9.84 Å². The van der Waals surface area contributed by atoms with Crippen molar-refractivity contribution in [2.24, 2.45) is 0 Å². The third kappa shape index (κ3) is 3.93. The SMILES string of the molecule is Cc1cncc(S(=O)(=O)c2ccc(CCC(=O)c3cnc4nccn4c3)cc2)c1. The molecule has 0 radical (unpaired) electrons. The summed E-state index contributed by atoms with van der Waals surface area (Å²) in [4.78, 5) is 25.0. The summed E-state index contributed by atoms with van der Waals surface area (Å²) in [6.45, 7) is 1.80. The number of carbonyl (C=O) groups is 1. The highest BCUT2D eigenvalue weighted by Crippen LogP contribution is 2.21. The van der Waals surface area contributed by atoms with Crippen LogP contribution in [0, 0.1) is 6.92 Å². The zero-order chi connectivity index (χ0) is 20.4. The molecule has 0 aliphatic carbocycles. The van der Waals surface area contributed by atoms with E-state index in [9.17, 15) is 13.2 Å². The molecule has 0 aliphatic rings. The molecule has 0 saturated carbocycles. The maximum Gasteiger partial charge on any atom is 0.233 e. The summed E-state index contributed by atoms with van der Waals surface area (Å²) in [5.41, 5.74) is 2.18. The molecule has 0 unspecified atom stereocenters. The van der Waals surface area contributed by atoms with Gasteiger partial charge in [-0.1, -0.05) is 12.1 Å². The lowest BCUT2D eigenvalue weighted by Crippen LogP contribution is -2.05. The molecule has 0 spiro atoms. The maximum atomic E-state index is 12.7.